The molecular weight excluding hydrogens is 472 g/mol. The van der Waals surface area contributed by atoms with E-state index in [0.29, 0.717) is 45.0 Å². The lowest BCUT2D eigenvalue weighted by Gasteiger charge is -2.32. The number of amides is 2. The highest BCUT2D eigenvalue weighted by molar-refractivity contribution is 5.88. The Morgan fingerprint density at radius 3 is 2.46 bits per heavy atom. The van der Waals surface area contributed by atoms with Crippen molar-refractivity contribution in [3.05, 3.63) is 23.8 Å². The van der Waals surface area contributed by atoms with Crippen molar-refractivity contribution >= 4 is 29.0 Å². The molecule has 4 rings (SSSR count). The lowest BCUT2D eigenvalue weighted by Crippen LogP contribution is -2.44. The molecule has 2 aliphatic rings. The number of carbonyl (C=O) groups is 2. The van der Waals surface area contributed by atoms with E-state index in [1.165, 1.54) is 0 Å². The summed E-state index contributed by atoms with van der Waals surface area (Å²) in [4.78, 5) is 44.7. The summed E-state index contributed by atoms with van der Waals surface area (Å²) in [6.07, 6.45) is 5.14. The predicted octanol–water partition coefficient (Wildman–Crippen LogP) is 2.76. The van der Waals surface area contributed by atoms with Crippen LogP contribution >= 0.6 is 0 Å². The highest BCUT2D eigenvalue weighted by Gasteiger charge is 2.31. The van der Waals surface area contributed by atoms with Crippen molar-refractivity contribution in [1.82, 2.24) is 34.2 Å². The Morgan fingerprint density at radius 2 is 1.78 bits per heavy atom. The molecule has 4 heterocycles. The Kier molecular flexibility index (Phi) is 8.31. The SMILES string of the molecule is Cc1nc(NC2CCN(C(=O)O[C@@H]3CCN(C(=O)/C=C/CN(C)C)C3)CC2)c2nc(C)n(C(C)C)c2n1. The average Bonchev–Trinajstić information content (AvgIpc) is 3.43. The van der Waals surface area contributed by atoms with Crippen LogP contribution in [0.25, 0.3) is 11.2 Å². The molecule has 202 valence electrons. The second-order valence-corrected chi connectivity index (χ2v) is 10.6. The highest BCUT2D eigenvalue weighted by atomic mass is 16.6. The molecule has 11 nitrogen and oxygen atoms in total. The molecule has 0 aromatic carbocycles. The Morgan fingerprint density at radius 1 is 1.08 bits per heavy atom. The Hall–Kier alpha value is -3.21. The molecule has 0 unspecified atom stereocenters. The van der Waals surface area contributed by atoms with Gasteiger partial charge >= 0.3 is 6.09 Å². The van der Waals surface area contributed by atoms with Gasteiger partial charge in [0.2, 0.25) is 5.91 Å². The van der Waals surface area contributed by atoms with Crippen molar-refractivity contribution in [3.8, 4) is 0 Å². The van der Waals surface area contributed by atoms with Crippen LogP contribution in [0.3, 0.4) is 0 Å². The summed E-state index contributed by atoms with van der Waals surface area (Å²) >= 11 is 0. The summed E-state index contributed by atoms with van der Waals surface area (Å²) in [6.45, 7) is 11.1. The van der Waals surface area contributed by atoms with E-state index in [1.807, 2.05) is 38.9 Å². The third kappa shape index (κ3) is 6.38. The number of imidazole rings is 1. The molecule has 2 aromatic heterocycles. The molecule has 0 saturated carbocycles. The Labute approximate surface area is 218 Å². The number of fused-ring (bicyclic) bond motifs is 1. The molecule has 1 N–H and O–H groups in total. The summed E-state index contributed by atoms with van der Waals surface area (Å²) in [6, 6.07) is 0.436. The Balaban J connectivity index is 1.28. The summed E-state index contributed by atoms with van der Waals surface area (Å²) in [5, 5.41) is 3.56. The number of likely N-dealkylation sites (tertiary alicyclic amines) is 2. The molecule has 11 heteroatoms. The first kappa shape index (κ1) is 26.8. The van der Waals surface area contributed by atoms with Crippen molar-refractivity contribution in [3.63, 3.8) is 0 Å². The zero-order valence-corrected chi connectivity index (χ0v) is 22.9. The lowest BCUT2D eigenvalue weighted by atomic mass is 10.1. The third-order valence-electron chi connectivity index (χ3n) is 6.89. The second kappa shape index (κ2) is 11.5. The van der Waals surface area contributed by atoms with E-state index in [0.717, 1.165) is 35.6 Å². The first-order valence-corrected chi connectivity index (χ1v) is 13.2. The molecule has 1 atom stereocenters. The minimum Gasteiger partial charge on any atom is -0.444 e. The van der Waals surface area contributed by atoms with E-state index >= 15 is 0 Å². The van der Waals surface area contributed by atoms with Gasteiger partial charge in [-0.3, -0.25) is 4.79 Å². The van der Waals surface area contributed by atoms with Gasteiger partial charge in [0.1, 0.15) is 17.8 Å². The first-order valence-electron chi connectivity index (χ1n) is 13.2. The molecule has 2 saturated heterocycles. The number of rotatable bonds is 7. The number of nitrogens with zero attached hydrogens (tertiary/aromatic N) is 7. The standard InChI is InChI=1S/C26H40N8O3/c1-17(2)34-19(4)29-23-24(27-18(3)28-25(23)34)30-20-9-13-32(14-10-20)26(36)37-21-11-15-33(16-21)22(35)8-7-12-31(5)6/h7-8,17,20-21H,9-16H2,1-6H3,(H,27,28,30)/b8-7+/t21-/m1/s1. The van der Waals surface area contributed by atoms with Gasteiger partial charge in [-0.2, -0.15) is 0 Å². The summed E-state index contributed by atoms with van der Waals surface area (Å²) in [7, 11) is 3.91. The van der Waals surface area contributed by atoms with Crippen LogP contribution in [0.1, 0.15) is 50.8 Å². The maximum atomic E-state index is 12.8. The summed E-state index contributed by atoms with van der Waals surface area (Å²) in [5.74, 6) is 2.34. The zero-order valence-electron chi connectivity index (χ0n) is 22.9. The lowest BCUT2D eigenvalue weighted by molar-refractivity contribution is -0.125. The van der Waals surface area contributed by atoms with Gasteiger partial charge in [0.05, 0.1) is 6.54 Å². The highest BCUT2D eigenvalue weighted by Crippen LogP contribution is 2.26. The number of anilines is 1. The number of carbonyl (C=O) groups excluding carboxylic acids is 2. The van der Waals surface area contributed by atoms with E-state index in [9.17, 15) is 9.59 Å². The number of nitrogens with one attached hydrogen (secondary N) is 1. The van der Waals surface area contributed by atoms with E-state index in [-0.39, 0.29) is 30.2 Å². The quantitative estimate of drug-likeness (QED) is 0.564. The third-order valence-corrected chi connectivity index (χ3v) is 6.89. The maximum absolute atomic E-state index is 12.8. The van der Waals surface area contributed by atoms with E-state index < -0.39 is 0 Å². The smallest absolute Gasteiger partial charge is 0.410 e. The number of ether oxygens (including phenoxy) is 1. The number of aromatic nitrogens is 4. The van der Waals surface area contributed by atoms with Gasteiger partial charge in [0.15, 0.2) is 17.0 Å². The number of likely N-dealkylation sites (N-methyl/N-ethyl adjacent to an activating group) is 1. The van der Waals surface area contributed by atoms with Gasteiger partial charge < -0.3 is 29.3 Å². The molecule has 2 fully saturated rings. The number of aryl methyl sites for hydroxylation is 2. The largest absolute Gasteiger partial charge is 0.444 e. The minimum atomic E-state index is -0.299. The number of piperidine rings is 1. The fourth-order valence-corrected chi connectivity index (χ4v) is 5.02. The van der Waals surface area contributed by atoms with Crippen LogP contribution in [0.2, 0.25) is 0 Å². The normalized spacial score (nSPS) is 19.1. The number of hydrogen-bond donors (Lipinski definition) is 1. The zero-order chi connectivity index (χ0) is 26.7. The molecule has 37 heavy (non-hydrogen) atoms. The fourth-order valence-electron chi connectivity index (χ4n) is 5.02. The predicted molar refractivity (Wildman–Crippen MR) is 143 cm³/mol. The topological polar surface area (TPSA) is 109 Å². The van der Waals surface area contributed by atoms with Gasteiger partial charge in [-0.25, -0.2) is 19.7 Å². The van der Waals surface area contributed by atoms with E-state index in [2.05, 4.69) is 33.7 Å². The maximum Gasteiger partial charge on any atom is 0.410 e. The van der Waals surface area contributed by atoms with Crippen molar-refractivity contribution < 1.29 is 14.3 Å². The van der Waals surface area contributed by atoms with Crippen molar-refractivity contribution in [2.75, 3.05) is 52.1 Å². The first-order chi connectivity index (χ1) is 17.6. The minimum absolute atomic E-state index is 0.0326. The average molecular weight is 513 g/mol. The molecule has 0 aliphatic carbocycles. The molecule has 2 amide bonds. The molecular formula is C26H40N8O3. The molecule has 2 aromatic rings. The van der Waals surface area contributed by atoms with Crippen LogP contribution in [0.4, 0.5) is 10.6 Å². The number of hydrogen-bond acceptors (Lipinski definition) is 8. The van der Waals surface area contributed by atoms with Crippen LogP contribution in [-0.2, 0) is 9.53 Å². The van der Waals surface area contributed by atoms with Gasteiger partial charge in [-0.1, -0.05) is 6.08 Å². The van der Waals surface area contributed by atoms with Crippen LogP contribution < -0.4 is 5.32 Å². The van der Waals surface area contributed by atoms with Crippen LogP contribution in [0.5, 0.6) is 0 Å². The molecule has 2 aliphatic heterocycles. The van der Waals surface area contributed by atoms with Crippen molar-refractivity contribution in [1.29, 1.82) is 0 Å². The molecule has 0 bridgehead atoms. The van der Waals surface area contributed by atoms with E-state index in [1.54, 1.807) is 15.9 Å². The van der Waals surface area contributed by atoms with E-state index in [4.69, 9.17) is 9.72 Å². The summed E-state index contributed by atoms with van der Waals surface area (Å²) < 4.78 is 7.88. The van der Waals surface area contributed by atoms with Crippen molar-refractivity contribution in [2.45, 2.75) is 65.1 Å². The van der Waals surface area contributed by atoms with Crippen LogP contribution in [0.15, 0.2) is 12.2 Å². The van der Waals surface area contributed by atoms with Crippen LogP contribution in [-0.4, -0.2) is 105 Å². The summed E-state index contributed by atoms with van der Waals surface area (Å²) in [5.41, 5.74) is 1.64. The van der Waals surface area contributed by atoms with Gasteiger partial charge in [-0.15, -0.1) is 0 Å². The Bertz CT molecular complexity index is 1150. The monoisotopic (exact) mass is 512 g/mol. The molecule has 0 spiro atoms. The van der Waals surface area contributed by atoms with Crippen molar-refractivity contribution in [2.24, 2.45) is 0 Å². The van der Waals surface area contributed by atoms with Gasteiger partial charge in [0, 0.05) is 50.8 Å². The second-order valence-electron chi connectivity index (χ2n) is 10.6. The van der Waals surface area contributed by atoms with Gasteiger partial charge in [-0.05, 0) is 54.6 Å². The van der Waals surface area contributed by atoms with Gasteiger partial charge in [0.25, 0.3) is 0 Å². The van der Waals surface area contributed by atoms with Crippen LogP contribution in [0, 0.1) is 13.8 Å². The fraction of sp³-hybridized carbons (Fsp3) is 0.654. The molecule has 0 radical (unpaired) electrons.